The number of phenols is 1. The summed E-state index contributed by atoms with van der Waals surface area (Å²) in [6, 6.07) is 13.4. The highest BCUT2D eigenvalue weighted by atomic mass is 79.9. The van der Waals surface area contributed by atoms with Gasteiger partial charge in [0.1, 0.15) is 11.5 Å². The lowest BCUT2D eigenvalue weighted by Crippen LogP contribution is -2.29. The number of aromatic hydroxyl groups is 1. The molecule has 3 aromatic rings. The normalized spacial score (nSPS) is 16.9. The van der Waals surface area contributed by atoms with Gasteiger partial charge in [-0.15, -0.1) is 0 Å². The zero-order valence-corrected chi connectivity index (χ0v) is 22.1. The van der Waals surface area contributed by atoms with Gasteiger partial charge in [-0.1, -0.05) is 23.7 Å². The third-order valence-electron chi connectivity index (χ3n) is 5.90. The van der Waals surface area contributed by atoms with E-state index >= 15 is 0 Å². The van der Waals surface area contributed by atoms with Gasteiger partial charge in [-0.3, -0.25) is 14.5 Å². The van der Waals surface area contributed by atoms with Crippen LogP contribution in [0.5, 0.6) is 17.2 Å². The fourth-order valence-corrected chi connectivity index (χ4v) is 4.80. The van der Waals surface area contributed by atoms with Crippen LogP contribution in [-0.4, -0.2) is 35.6 Å². The summed E-state index contributed by atoms with van der Waals surface area (Å²) >= 11 is 9.73. The number of methoxy groups -OCH3 is 1. The highest BCUT2D eigenvalue weighted by Gasteiger charge is 2.47. The van der Waals surface area contributed by atoms with E-state index in [1.807, 2.05) is 6.92 Å². The van der Waals surface area contributed by atoms with Crippen molar-refractivity contribution in [2.45, 2.75) is 19.9 Å². The predicted molar refractivity (Wildman–Crippen MR) is 141 cm³/mol. The number of aliphatic hydroxyl groups excluding tert-OH is 1. The molecule has 1 amide bonds. The van der Waals surface area contributed by atoms with Gasteiger partial charge < -0.3 is 19.7 Å². The van der Waals surface area contributed by atoms with Gasteiger partial charge in [-0.25, -0.2) is 0 Å². The molecule has 1 heterocycles. The van der Waals surface area contributed by atoms with Gasteiger partial charge in [-0.2, -0.15) is 0 Å². The number of nitrogens with zero attached hydrogens (tertiary/aromatic N) is 1. The maximum absolute atomic E-state index is 13.4. The second-order valence-electron chi connectivity index (χ2n) is 8.11. The number of aliphatic hydroxyl groups is 1. The van der Waals surface area contributed by atoms with E-state index in [0.29, 0.717) is 38.7 Å². The standard InChI is InChI=1S/C27H23BrClNO6/c1-4-36-22-12-15(6-9-20(22)31)24-23(25(32)16-7-10-21(35-3)18(28)11-16)26(33)27(34)30(24)17-8-5-14(2)19(29)13-17/h5-13,24,31-32H,4H2,1-3H3/b25-23+. The van der Waals surface area contributed by atoms with Crippen LogP contribution >= 0.6 is 27.5 Å². The maximum atomic E-state index is 13.4. The van der Waals surface area contributed by atoms with Crippen LogP contribution in [0.2, 0.25) is 5.02 Å². The maximum Gasteiger partial charge on any atom is 0.300 e. The van der Waals surface area contributed by atoms with Crippen molar-refractivity contribution in [3.8, 4) is 17.2 Å². The molecular formula is C27H23BrClNO6. The van der Waals surface area contributed by atoms with E-state index in [0.717, 1.165) is 5.56 Å². The number of ketones is 1. The fourth-order valence-electron chi connectivity index (χ4n) is 4.09. The van der Waals surface area contributed by atoms with Crippen LogP contribution in [0.15, 0.2) is 64.6 Å². The Hall–Kier alpha value is -3.49. The van der Waals surface area contributed by atoms with E-state index in [-0.39, 0.29) is 22.8 Å². The Kier molecular flexibility index (Phi) is 7.28. The quantitative estimate of drug-likeness (QED) is 0.209. The van der Waals surface area contributed by atoms with Crippen molar-refractivity contribution < 1.29 is 29.3 Å². The summed E-state index contributed by atoms with van der Waals surface area (Å²) in [5, 5.41) is 22.0. The van der Waals surface area contributed by atoms with Crippen molar-refractivity contribution in [3.63, 3.8) is 0 Å². The number of halogens is 2. The number of Topliss-reactive ketones (excluding diaryl/α,β-unsaturated/α-hetero) is 1. The Balaban J connectivity index is 1.97. The number of carbonyl (C=O) groups is 2. The van der Waals surface area contributed by atoms with Crippen molar-refractivity contribution in [3.05, 3.63) is 86.4 Å². The van der Waals surface area contributed by atoms with Crippen LogP contribution in [0, 0.1) is 6.92 Å². The molecule has 1 atom stereocenters. The summed E-state index contributed by atoms with van der Waals surface area (Å²) in [5.41, 5.74) is 1.86. The molecule has 1 saturated heterocycles. The van der Waals surface area contributed by atoms with Gasteiger partial charge >= 0.3 is 0 Å². The molecule has 7 nitrogen and oxygen atoms in total. The van der Waals surface area contributed by atoms with Crippen molar-refractivity contribution in [1.82, 2.24) is 0 Å². The molecule has 36 heavy (non-hydrogen) atoms. The first kappa shape index (κ1) is 25.6. The zero-order chi connectivity index (χ0) is 26.1. The molecule has 186 valence electrons. The number of amides is 1. The average Bonchev–Trinajstić information content (AvgIpc) is 3.12. The fraction of sp³-hybridized carbons (Fsp3) is 0.185. The molecule has 0 bridgehead atoms. The predicted octanol–water partition coefficient (Wildman–Crippen LogP) is 6.15. The monoisotopic (exact) mass is 571 g/mol. The van der Waals surface area contributed by atoms with E-state index in [4.69, 9.17) is 21.1 Å². The van der Waals surface area contributed by atoms with Crippen molar-refractivity contribution >= 4 is 50.7 Å². The van der Waals surface area contributed by atoms with Gasteiger partial charge in [-0.05, 0) is 83.4 Å². The van der Waals surface area contributed by atoms with Crippen LogP contribution < -0.4 is 14.4 Å². The molecule has 1 aliphatic rings. The second kappa shape index (κ2) is 10.2. The SMILES string of the molecule is CCOc1cc(C2/C(=C(\O)c3ccc(OC)c(Br)c3)C(=O)C(=O)N2c2ccc(C)c(Cl)c2)ccc1O. The van der Waals surface area contributed by atoms with Crippen LogP contribution in [0.3, 0.4) is 0 Å². The lowest BCUT2D eigenvalue weighted by atomic mass is 9.94. The summed E-state index contributed by atoms with van der Waals surface area (Å²) in [4.78, 5) is 28.0. The molecule has 2 N–H and O–H groups in total. The molecule has 0 saturated carbocycles. The first-order valence-electron chi connectivity index (χ1n) is 11.0. The number of aryl methyl sites for hydroxylation is 1. The number of phenolic OH excluding ortho intramolecular Hbond substituents is 1. The van der Waals surface area contributed by atoms with Crippen LogP contribution in [0.4, 0.5) is 5.69 Å². The highest BCUT2D eigenvalue weighted by molar-refractivity contribution is 9.10. The van der Waals surface area contributed by atoms with E-state index in [2.05, 4.69) is 15.9 Å². The number of benzene rings is 3. The van der Waals surface area contributed by atoms with Gasteiger partial charge in [0, 0.05) is 16.3 Å². The molecule has 0 spiro atoms. The summed E-state index contributed by atoms with van der Waals surface area (Å²) in [7, 11) is 1.51. The number of hydrogen-bond donors (Lipinski definition) is 2. The molecule has 4 rings (SSSR count). The molecule has 0 radical (unpaired) electrons. The summed E-state index contributed by atoms with van der Waals surface area (Å²) < 4.78 is 11.3. The van der Waals surface area contributed by atoms with Crippen molar-refractivity contribution in [2.75, 3.05) is 18.6 Å². The number of hydrogen-bond acceptors (Lipinski definition) is 6. The number of anilines is 1. The minimum absolute atomic E-state index is 0.0879. The van der Waals surface area contributed by atoms with E-state index in [9.17, 15) is 19.8 Å². The number of carbonyl (C=O) groups excluding carboxylic acids is 2. The third kappa shape index (κ3) is 4.54. The topological polar surface area (TPSA) is 96.3 Å². The smallest absolute Gasteiger partial charge is 0.300 e. The average molecular weight is 573 g/mol. The highest BCUT2D eigenvalue weighted by Crippen LogP contribution is 2.45. The number of rotatable bonds is 6. The molecule has 3 aromatic carbocycles. The van der Waals surface area contributed by atoms with Crippen LogP contribution in [-0.2, 0) is 9.59 Å². The molecule has 1 unspecified atom stereocenters. The molecule has 0 aliphatic carbocycles. The lowest BCUT2D eigenvalue weighted by molar-refractivity contribution is -0.132. The Morgan fingerprint density at radius 1 is 1.08 bits per heavy atom. The first-order chi connectivity index (χ1) is 17.2. The third-order valence-corrected chi connectivity index (χ3v) is 6.93. The van der Waals surface area contributed by atoms with Crippen molar-refractivity contribution in [2.24, 2.45) is 0 Å². The van der Waals surface area contributed by atoms with Crippen molar-refractivity contribution in [1.29, 1.82) is 0 Å². The number of ether oxygens (including phenoxy) is 2. The van der Waals surface area contributed by atoms with Crippen LogP contribution in [0.1, 0.15) is 29.7 Å². The van der Waals surface area contributed by atoms with Gasteiger partial charge in [0.15, 0.2) is 11.5 Å². The second-order valence-corrected chi connectivity index (χ2v) is 9.37. The van der Waals surface area contributed by atoms with E-state index in [1.165, 1.54) is 18.1 Å². The largest absolute Gasteiger partial charge is 0.507 e. The van der Waals surface area contributed by atoms with E-state index < -0.39 is 17.7 Å². The van der Waals surface area contributed by atoms with Crippen LogP contribution in [0.25, 0.3) is 5.76 Å². The van der Waals surface area contributed by atoms with E-state index in [1.54, 1.807) is 55.5 Å². The summed E-state index contributed by atoms with van der Waals surface area (Å²) in [5.74, 6) is -1.39. The van der Waals surface area contributed by atoms with Gasteiger partial charge in [0.05, 0.1) is 29.8 Å². The minimum Gasteiger partial charge on any atom is -0.507 e. The Bertz CT molecular complexity index is 1400. The minimum atomic E-state index is -1.01. The molecule has 0 aromatic heterocycles. The molecular weight excluding hydrogens is 550 g/mol. The zero-order valence-electron chi connectivity index (χ0n) is 19.7. The van der Waals surface area contributed by atoms with Gasteiger partial charge in [0.25, 0.3) is 11.7 Å². The Morgan fingerprint density at radius 3 is 2.47 bits per heavy atom. The summed E-state index contributed by atoms with van der Waals surface area (Å²) in [6.07, 6.45) is 0. The van der Waals surface area contributed by atoms with Gasteiger partial charge in [0.2, 0.25) is 0 Å². The lowest BCUT2D eigenvalue weighted by Gasteiger charge is -2.26. The first-order valence-corrected chi connectivity index (χ1v) is 12.2. The Labute approximate surface area is 221 Å². The summed E-state index contributed by atoms with van der Waals surface area (Å²) in [6.45, 7) is 3.90. The Morgan fingerprint density at radius 2 is 1.83 bits per heavy atom. The molecule has 1 aliphatic heterocycles. The molecule has 1 fully saturated rings. The molecule has 9 heteroatoms.